The molecule has 0 amide bonds. The summed E-state index contributed by atoms with van der Waals surface area (Å²) in [5, 5.41) is 0. The summed E-state index contributed by atoms with van der Waals surface area (Å²) in [4.78, 5) is 0. The predicted octanol–water partition coefficient (Wildman–Crippen LogP) is 3.47. The van der Waals surface area contributed by atoms with Crippen LogP contribution in [-0.4, -0.2) is 0 Å². The fourth-order valence-electron chi connectivity index (χ4n) is 3.29. The van der Waals surface area contributed by atoms with Crippen LogP contribution in [0.5, 0.6) is 0 Å². The average molecular weight is 152 g/mol. The van der Waals surface area contributed by atoms with Crippen molar-refractivity contribution in [3.8, 4) is 0 Å². The van der Waals surface area contributed by atoms with Gasteiger partial charge in [0.25, 0.3) is 0 Å². The molecule has 0 heteroatoms. The third kappa shape index (κ3) is 1.45. The normalized spacial score (nSPS) is 50.7. The molecule has 2 rings (SSSR count). The van der Waals surface area contributed by atoms with E-state index >= 15 is 0 Å². The lowest BCUT2D eigenvalue weighted by atomic mass is 9.77. The van der Waals surface area contributed by atoms with Crippen molar-refractivity contribution in [2.45, 2.75) is 46.0 Å². The van der Waals surface area contributed by atoms with Crippen LogP contribution in [0.3, 0.4) is 0 Å². The fraction of sp³-hybridized carbons (Fsp3) is 1.00. The first kappa shape index (κ1) is 7.64. The highest BCUT2D eigenvalue weighted by atomic mass is 14.4. The molecule has 0 aromatic rings. The molecule has 2 aliphatic rings. The van der Waals surface area contributed by atoms with Gasteiger partial charge in [0.15, 0.2) is 0 Å². The number of hydrogen-bond acceptors (Lipinski definition) is 0. The maximum absolute atomic E-state index is 2.43. The van der Waals surface area contributed by atoms with Gasteiger partial charge in [-0.05, 0) is 49.4 Å². The molecule has 0 aromatic carbocycles. The molecule has 0 radical (unpaired) electrons. The lowest BCUT2D eigenvalue weighted by molar-refractivity contribution is 0.220. The predicted molar refractivity (Wildman–Crippen MR) is 48.4 cm³/mol. The van der Waals surface area contributed by atoms with Crippen LogP contribution in [0, 0.1) is 23.7 Å². The van der Waals surface area contributed by atoms with Crippen molar-refractivity contribution in [3.05, 3.63) is 0 Å². The summed E-state index contributed by atoms with van der Waals surface area (Å²) in [5.74, 6) is 4.31. The van der Waals surface area contributed by atoms with E-state index in [0.29, 0.717) is 0 Å². The van der Waals surface area contributed by atoms with Gasteiger partial charge in [-0.15, -0.1) is 0 Å². The Morgan fingerprint density at radius 2 is 1.36 bits per heavy atom. The zero-order chi connectivity index (χ0) is 7.84. The van der Waals surface area contributed by atoms with Crippen molar-refractivity contribution < 1.29 is 0 Å². The van der Waals surface area contributed by atoms with Crippen LogP contribution >= 0.6 is 0 Å². The maximum Gasteiger partial charge on any atom is -0.0381 e. The molecule has 0 aliphatic heterocycles. The molecule has 64 valence electrons. The first-order valence-electron chi connectivity index (χ1n) is 5.25. The number of fused-ring (bicyclic) bond motifs is 1. The Morgan fingerprint density at radius 1 is 0.727 bits per heavy atom. The van der Waals surface area contributed by atoms with E-state index in [2.05, 4.69) is 13.8 Å². The summed E-state index contributed by atoms with van der Waals surface area (Å²) in [6.07, 6.45) is 7.66. The molecule has 0 nitrogen and oxygen atoms in total. The highest BCUT2D eigenvalue weighted by Gasteiger charge is 2.35. The van der Waals surface area contributed by atoms with E-state index < -0.39 is 0 Å². The highest BCUT2D eigenvalue weighted by Crippen LogP contribution is 2.46. The van der Waals surface area contributed by atoms with E-state index in [1.54, 1.807) is 0 Å². The molecule has 4 atom stereocenters. The van der Waals surface area contributed by atoms with Crippen LogP contribution in [0.2, 0.25) is 0 Å². The quantitative estimate of drug-likeness (QED) is 0.498. The molecule has 2 aliphatic carbocycles. The minimum atomic E-state index is 1.03. The molecular formula is C11H20. The number of hydrogen-bond donors (Lipinski definition) is 0. The van der Waals surface area contributed by atoms with Gasteiger partial charge < -0.3 is 0 Å². The van der Waals surface area contributed by atoms with Gasteiger partial charge in [0, 0.05) is 0 Å². The van der Waals surface area contributed by atoms with Gasteiger partial charge in [0.2, 0.25) is 0 Å². The Hall–Kier alpha value is 0. The molecule has 0 aromatic heterocycles. The van der Waals surface area contributed by atoms with Crippen molar-refractivity contribution in [2.24, 2.45) is 23.7 Å². The van der Waals surface area contributed by atoms with Crippen LogP contribution in [0.1, 0.15) is 46.0 Å². The summed E-state index contributed by atoms with van der Waals surface area (Å²) in [6.45, 7) is 4.86. The highest BCUT2D eigenvalue weighted by molar-refractivity contribution is 4.86. The van der Waals surface area contributed by atoms with E-state index in [-0.39, 0.29) is 0 Å². The van der Waals surface area contributed by atoms with Gasteiger partial charge in [0.05, 0.1) is 0 Å². The van der Waals surface area contributed by atoms with Crippen LogP contribution in [-0.2, 0) is 0 Å². The summed E-state index contributed by atoms with van der Waals surface area (Å²) in [5.41, 5.74) is 0. The maximum atomic E-state index is 2.43. The average Bonchev–Trinajstić information content (AvgIpc) is 2.27. The lowest BCUT2D eigenvalue weighted by Gasteiger charge is -2.29. The van der Waals surface area contributed by atoms with Crippen molar-refractivity contribution >= 4 is 0 Å². The second kappa shape index (κ2) is 2.80. The topological polar surface area (TPSA) is 0 Å². The van der Waals surface area contributed by atoms with Gasteiger partial charge in [-0.2, -0.15) is 0 Å². The van der Waals surface area contributed by atoms with E-state index in [1.165, 1.54) is 32.1 Å². The molecule has 0 heterocycles. The molecule has 2 saturated carbocycles. The SMILES string of the molecule is CC1CCC2CC(C)CC2C1. The molecular weight excluding hydrogens is 132 g/mol. The lowest BCUT2D eigenvalue weighted by Crippen LogP contribution is -2.18. The Bertz CT molecular complexity index is 139. The minimum absolute atomic E-state index is 1.03. The monoisotopic (exact) mass is 152 g/mol. The fourth-order valence-corrected chi connectivity index (χ4v) is 3.29. The zero-order valence-electron chi connectivity index (χ0n) is 7.84. The van der Waals surface area contributed by atoms with Crippen molar-refractivity contribution in [2.75, 3.05) is 0 Å². The summed E-state index contributed by atoms with van der Waals surface area (Å²) >= 11 is 0. The molecule has 0 bridgehead atoms. The smallest absolute Gasteiger partial charge is 0.0381 e. The zero-order valence-corrected chi connectivity index (χ0v) is 7.84. The minimum Gasteiger partial charge on any atom is -0.0625 e. The Balaban J connectivity index is 1.97. The summed E-state index contributed by atoms with van der Waals surface area (Å²) < 4.78 is 0. The van der Waals surface area contributed by atoms with E-state index in [1.807, 2.05) is 0 Å². The molecule has 0 saturated heterocycles. The first-order valence-corrected chi connectivity index (χ1v) is 5.25. The van der Waals surface area contributed by atoms with Crippen LogP contribution in [0.15, 0.2) is 0 Å². The Labute approximate surface area is 70.4 Å². The van der Waals surface area contributed by atoms with Gasteiger partial charge in [-0.1, -0.05) is 20.3 Å². The molecule has 0 spiro atoms. The largest absolute Gasteiger partial charge is 0.0625 e. The van der Waals surface area contributed by atoms with Crippen molar-refractivity contribution in [3.63, 3.8) is 0 Å². The van der Waals surface area contributed by atoms with Crippen molar-refractivity contribution in [1.82, 2.24) is 0 Å². The van der Waals surface area contributed by atoms with Crippen LogP contribution < -0.4 is 0 Å². The second-order valence-corrected chi connectivity index (χ2v) is 5.01. The second-order valence-electron chi connectivity index (χ2n) is 5.01. The first-order chi connectivity index (χ1) is 5.25. The summed E-state index contributed by atoms with van der Waals surface area (Å²) in [6, 6.07) is 0. The Kier molecular flexibility index (Phi) is 1.95. The summed E-state index contributed by atoms with van der Waals surface area (Å²) in [7, 11) is 0. The van der Waals surface area contributed by atoms with Crippen LogP contribution in [0.25, 0.3) is 0 Å². The van der Waals surface area contributed by atoms with Gasteiger partial charge in [-0.3, -0.25) is 0 Å². The molecule has 2 fully saturated rings. The van der Waals surface area contributed by atoms with Crippen molar-refractivity contribution in [1.29, 1.82) is 0 Å². The third-order valence-electron chi connectivity index (χ3n) is 3.81. The van der Waals surface area contributed by atoms with E-state index in [4.69, 9.17) is 0 Å². The van der Waals surface area contributed by atoms with Gasteiger partial charge in [-0.25, -0.2) is 0 Å². The third-order valence-corrected chi connectivity index (χ3v) is 3.81. The standard InChI is InChI=1S/C11H20/c1-8-3-4-10-6-9(2)7-11(10)5-8/h8-11H,3-7H2,1-2H3. The van der Waals surface area contributed by atoms with E-state index in [0.717, 1.165) is 23.7 Å². The van der Waals surface area contributed by atoms with E-state index in [9.17, 15) is 0 Å². The van der Waals surface area contributed by atoms with Gasteiger partial charge >= 0.3 is 0 Å². The molecule has 11 heavy (non-hydrogen) atoms. The Morgan fingerprint density at radius 3 is 2.18 bits per heavy atom. The van der Waals surface area contributed by atoms with Gasteiger partial charge in [0.1, 0.15) is 0 Å². The molecule has 4 unspecified atom stereocenters. The number of rotatable bonds is 0. The molecule has 0 N–H and O–H groups in total. The van der Waals surface area contributed by atoms with Crippen LogP contribution in [0.4, 0.5) is 0 Å².